The number of hydrogen-bond donors (Lipinski definition) is 3. The van der Waals surface area contributed by atoms with Crippen LogP contribution in [0.3, 0.4) is 0 Å². The number of nitrogens with zero attached hydrogens (tertiary/aromatic N) is 1. The smallest absolute Gasteiger partial charge is 0.407 e. The molecule has 0 atom stereocenters. The summed E-state index contributed by atoms with van der Waals surface area (Å²) in [4.78, 5) is 11.5. The summed E-state index contributed by atoms with van der Waals surface area (Å²) < 4.78 is 10.7. The fraction of sp³-hybridized carbons (Fsp3) is 0.429. The van der Waals surface area contributed by atoms with Crippen LogP contribution in [0.5, 0.6) is 5.75 Å². The van der Waals surface area contributed by atoms with Crippen LogP contribution in [0.15, 0.2) is 18.3 Å². The van der Waals surface area contributed by atoms with Crippen molar-refractivity contribution in [3.63, 3.8) is 0 Å². The molecule has 7 nitrogen and oxygen atoms in total. The molecule has 4 N–H and O–H groups in total. The third-order valence-electron chi connectivity index (χ3n) is 2.60. The molecule has 21 heavy (non-hydrogen) atoms. The van der Waals surface area contributed by atoms with Gasteiger partial charge in [0.2, 0.25) is 0 Å². The number of carbonyl (C=O) groups is 1. The minimum Gasteiger partial charge on any atom is -0.490 e. The summed E-state index contributed by atoms with van der Waals surface area (Å²) in [6, 6.07) is 3.57. The average Bonchev–Trinajstić information content (AvgIpc) is 2.79. The Hall–Kier alpha value is -2.44. The van der Waals surface area contributed by atoms with E-state index in [1.165, 1.54) is 0 Å². The molecule has 1 aromatic heterocycles. The normalized spacial score (nSPS) is 11.4. The number of nitrogens with one attached hydrogen (secondary N) is 2. The summed E-state index contributed by atoms with van der Waals surface area (Å²) in [5.74, 6) is 0.553. The first-order chi connectivity index (χ1) is 9.85. The summed E-state index contributed by atoms with van der Waals surface area (Å²) in [6.45, 7) is 6.05. The highest BCUT2D eigenvalue weighted by Gasteiger charge is 2.15. The van der Waals surface area contributed by atoms with Crippen LogP contribution in [0.1, 0.15) is 20.8 Å². The number of amides is 1. The molecule has 0 radical (unpaired) electrons. The first-order valence-corrected chi connectivity index (χ1v) is 6.67. The molecular weight excluding hydrogens is 272 g/mol. The molecular formula is C14H20N4O3. The maximum atomic E-state index is 11.5. The molecule has 0 saturated heterocycles. The van der Waals surface area contributed by atoms with Crippen molar-refractivity contribution in [3.8, 4) is 5.75 Å². The lowest BCUT2D eigenvalue weighted by Crippen LogP contribution is -2.34. The number of alkyl carbamates (subject to hydrolysis) is 1. The number of fused-ring (bicyclic) bond motifs is 1. The molecule has 0 bridgehead atoms. The Labute approximate surface area is 122 Å². The Bertz CT molecular complexity index is 631. The zero-order valence-electron chi connectivity index (χ0n) is 12.4. The Balaban J connectivity index is 1.82. The zero-order chi connectivity index (χ0) is 15.5. The molecule has 0 aliphatic carbocycles. The van der Waals surface area contributed by atoms with Gasteiger partial charge in [-0.05, 0) is 26.8 Å². The predicted molar refractivity (Wildman–Crippen MR) is 80.2 cm³/mol. The van der Waals surface area contributed by atoms with Gasteiger partial charge >= 0.3 is 6.09 Å². The second-order valence-electron chi connectivity index (χ2n) is 5.62. The number of benzene rings is 1. The van der Waals surface area contributed by atoms with Crippen LogP contribution in [-0.4, -0.2) is 35.0 Å². The van der Waals surface area contributed by atoms with Gasteiger partial charge in [-0.15, -0.1) is 0 Å². The summed E-state index contributed by atoms with van der Waals surface area (Å²) in [7, 11) is 0. The second kappa shape index (κ2) is 5.90. The van der Waals surface area contributed by atoms with E-state index in [2.05, 4.69) is 15.5 Å². The van der Waals surface area contributed by atoms with Crippen molar-refractivity contribution in [3.05, 3.63) is 18.3 Å². The summed E-state index contributed by atoms with van der Waals surface area (Å²) in [5.41, 5.74) is 6.75. The molecule has 0 spiro atoms. The van der Waals surface area contributed by atoms with Gasteiger partial charge in [0, 0.05) is 11.5 Å². The monoisotopic (exact) mass is 292 g/mol. The molecule has 2 aromatic rings. The molecule has 0 aliphatic heterocycles. The van der Waals surface area contributed by atoms with E-state index in [4.69, 9.17) is 15.2 Å². The number of aromatic amines is 1. The largest absolute Gasteiger partial charge is 0.490 e. The van der Waals surface area contributed by atoms with Gasteiger partial charge in [0.25, 0.3) is 0 Å². The minimum atomic E-state index is -0.513. The van der Waals surface area contributed by atoms with Gasteiger partial charge in [0.15, 0.2) is 0 Å². The van der Waals surface area contributed by atoms with E-state index in [-0.39, 0.29) is 0 Å². The van der Waals surface area contributed by atoms with E-state index in [0.29, 0.717) is 24.6 Å². The maximum absolute atomic E-state index is 11.5. The third kappa shape index (κ3) is 4.27. The molecule has 1 aromatic carbocycles. The van der Waals surface area contributed by atoms with Crippen molar-refractivity contribution in [2.24, 2.45) is 0 Å². The van der Waals surface area contributed by atoms with Gasteiger partial charge in [0.05, 0.1) is 23.9 Å². The topological polar surface area (TPSA) is 102 Å². The fourth-order valence-corrected chi connectivity index (χ4v) is 1.74. The van der Waals surface area contributed by atoms with Crippen LogP contribution in [0.25, 0.3) is 10.9 Å². The molecule has 7 heteroatoms. The van der Waals surface area contributed by atoms with Crippen molar-refractivity contribution in [1.82, 2.24) is 15.5 Å². The van der Waals surface area contributed by atoms with Crippen molar-refractivity contribution >= 4 is 22.7 Å². The maximum Gasteiger partial charge on any atom is 0.407 e. The number of H-pyrrole nitrogens is 1. The van der Waals surface area contributed by atoms with Crippen molar-refractivity contribution in [2.75, 3.05) is 18.9 Å². The van der Waals surface area contributed by atoms with E-state index in [9.17, 15) is 4.79 Å². The van der Waals surface area contributed by atoms with Gasteiger partial charge in [-0.2, -0.15) is 5.10 Å². The number of carbonyl (C=O) groups excluding carboxylic acids is 1. The quantitative estimate of drug-likeness (QED) is 0.591. The molecule has 1 heterocycles. The molecule has 0 aliphatic rings. The highest BCUT2D eigenvalue weighted by Crippen LogP contribution is 2.26. The van der Waals surface area contributed by atoms with Crippen molar-refractivity contribution in [2.45, 2.75) is 26.4 Å². The Morgan fingerprint density at radius 2 is 2.19 bits per heavy atom. The third-order valence-corrected chi connectivity index (χ3v) is 2.60. The number of rotatable bonds is 4. The Kier molecular flexibility index (Phi) is 4.21. The first kappa shape index (κ1) is 15.0. The van der Waals surface area contributed by atoms with Gasteiger partial charge in [-0.1, -0.05) is 0 Å². The Morgan fingerprint density at radius 1 is 1.43 bits per heavy atom. The van der Waals surface area contributed by atoms with Crippen molar-refractivity contribution in [1.29, 1.82) is 0 Å². The van der Waals surface area contributed by atoms with E-state index in [1.54, 1.807) is 18.3 Å². The standard InChI is InChI=1S/C14H20N4O3/c1-14(2,3)21-13(19)16-4-5-20-12-7-11-9(6-10(12)15)8-17-18-11/h6-8H,4-5,15H2,1-3H3,(H,16,19)(H,17,18). The number of ether oxygens (including phenoxy) is 2. The van der Waals surface area contributed by atoms with Crippen LogP contribution in [0.2, 0.25) is 0 Å². The lowest BCUT2D eigenvalue weighted by molar-refractivity contribution is 0.0520. The van der Waals surface area contributed by atoms with E-state index < -0.39 is 11.7 Å². The van der Waals surface area contributed by atoms with Gasteiger partial charge in [-0.25, -0.2) is 4.79 Å². The van der Waals surface area contributed by atoms with Gasteiger partial charge in [0.1, 0.15) is 18.0 Å². The minimum absolute atomic E-state index is 0.295. The molecule has 1 amide bonds. The van der Waals surface area contributed by atoms with Crippen molar-refractivity contribution < 1.29 is 14.3 Å². The summed E-state index contributed by atoms with van der Waals surface area (Å²) >= 11 is 0. The second-order valence-corrected chi connectivity index (χ2v) is 5.62. The molecule has 114 valence electrons. The predicted octanol–water partition coefficient (Wildman–Crippen LogP) is 2.05. The molecule has 0 saturated carbocycles. The summed E-state index contributed by atoms with van der Waals surface area (Å²) in [5, 5.41) is 10.3. The molecule has 2 rings (SSSR count). The lowest BCUT2D eigenvalue weighted by atomic mass is 10.2. The average molecular weight is 292 g/mol. The number of nitrogens with two attached hydrogens (primary N) is 1. The molecule has 0 unspecified atom stereocenters. The van der Waals surface area contributed by atoms with Gasteiger partial charge < -0.3 is 20.5 Å². The highest BCUT2D eigenvalue weighted by molar-refractivity contribution is 5.84. The van der Waals surface area contributed by atoms with Crippen LogP contribution in [-0.2, 0) is 4.74 Å². The van der Waals surface area contributed by atoms with Crippen LogP contribution in [0, 0.1) is 0 Å². The van der Waals surface area contributed by atoms with E-state index in [1.807, 2.05) is 20.8 Å². The zero-order valence-corrected chi connectivity index (χ0v) is 12.4. The Morgan fingerprint density at radius 3 is 2.90 bits per heavy atom. The number of anilines is 1. The first-order valence-electron chi connectivity index (χ1n) is 6.67. The van der Waals surface area contributed by atoms with Crippen LogP contribution >= 0.6 is 0 Å². The SMILES string of the molecule is CC(C)(C)OC(=O)NCCOc1cc2[nH]ncc2cc1N. The highest BCUT2D eigenvalue weighted by atomic mass is 16.6. The summed E-state index contributed by atoms with van der Waals surface area (Å²) in [6.07, 6.45) is 1.22. The van der Waals surface area contributed by atoms with E-state index in [0.717, 1.165) is 10.9 Å². The lowest BCUT2D eigenvalue weighted by Gasteiger charge is -2.19. The molecule has 0 fully saturated rings. The number of nitrogen functional groups attached to an aromatic ring is 1. The van der Waals surface area contributed by atoms with E-state index >= 15 is 0 Å². The fourth-order valence-electron chi connectivity index (χ4n) is 1.74. The van der Waals surface area contributed by atoms with Crippen LogP contribution in [0.4, 0.5) is 10.5 Å². The van der Waals surface area contributed by atoms with Crippen LogP contribution < -0.4 is 15.8 Å². The van der Waals surface area contributed by atoms with Gasteiger partial charge in [-0.3, -0.25) is 5.10 Å². The number of hydrogen-bond acceptors (Lipinski definition) is 5. The number of aromatic nitrogens is 2.